The Hall–Kier alpha value is -3.53. The molecule has 0 bridgehead atoms. The Morgan fingerprint density at radius 3 is 2.59 bits per heavy atom. The van der Waals surface area contributed by atoms with Crippen molar-refractivity contribution in [1.82, 2.24) is 10.3 Å². The van der Waals surface area contributed by atoms with E-state index < -0.39 is 14.8 Å². The van der Waals surface area contributed by atoms with E-state index in [-0.39, 0.29) is 41.0 Å². The monoisotopic (exact) mass is 414 g/mol. The van der Waals surface area contributed by atoms with Crippen molar-refractivity contribution < 1.29 is 18.1 Å². The molecule has 0 saturated carbocycles. The predicted molar refractivity (Wildman–Crippen MR) is 109 cm³/mol. The highest BCUT2D eigenvalue weighted by atomic mass is 32.2. The summed E-state index contributed by atoms with van der Waals surface area (Å²) in [4.78, 5) is 27.0. The topological polar surface area (TPSA) is 131 Å². The van der Waals surface area contributed by atoms with Crippen LogP contribution in [0.15, 0.2) is 59.5 Å². The maximum Gasteiger partial charge on any atom is 0.293 e. The quantitative estimate of drug-likeness (QED) is 0.345. The Morgan fingerprint density at radius 2 is 1.86 bits per heavy atom. The molecule has 2 N–H and O–H groups in total. The Balaban J connectivity index is 1.62. The lowest BCUT2D eigenvalue weighted by molar-refractivity contribution is -0.384. The van der Waals surface area contributed by atoms with Gasteiger partial charge in [0, 0.05) is 30.8 Å². The molecule has 0 aliphatic rings. The van der Waals surface area contributed by atoms with Crippen molar-refractivity contribution in [3.8, 4) is 0 Å². The Morgan fingerprint density at radius 1 is 1.10 bits per heavy atom. The highest BCUT2D eigenvalue weighted by Crippen LogP contribution is 2.27. The minimum Gasteiger partial charge on any atom is -0.378 e. The lowest BCUT2D eigenvalue weighted by Gasteiger charge is -2.09. The molecule has 1 heterocycles. The summed E-state index contributed by atoms with van der Waals surface area (Å²) in [6, 6.07) is 14.5. The van der Waals surface area contributed by atoms with Crippen LogP contribution >= 0.6 is 0 Å². The summed E-state index contributed by atoms with van der Waals surface area (Å²) >= 11 is 0. The number of pyridine rings is 1. The van der Waals surface area contributed by atoms with Gasteiger partial charge in [-0.15, -0.1) is 0 Å². The molecule has 0 radical (unpaired) electrons. The molecule has 1 amide bonds. The molecule has 0 saturated heterocycles. The molecule has 0 aliphatic carbocycles. The highest BCUT2D eigenvalue weighted by Gasteiger charge is 2.18. The van der Waals surface area contributed by atoms with Crippen LogP contribution in [0.2, 0.25) is 0 Å². The van der Waals surface area contributed by atoms with Crippen molar-refractivity contribution in [2.24, 2.45) is 0 Å². The van der Waals surface area contributed by atoms with Crippen LogP contribution in [-0.2, 0) is 9.84 Å². The SMILES string of the molecule is CS(=O)(=O)c1ccc(NCCNC(=O)c2ccc3ccccc3n2)c([N+](=O)[O-])c1. The molecule has 3 rings (SSSR count). The van der Waals surface area contributed by atoms with Gasteiger partial charge < -0.3 is 10.6 Å². The van der Waals surface area contributed by atoms with E-state index >= 15 is 0 Å². The first-order valence-electron chi connectivity index (χ1n) is 8.62. The number of hydrogen-bond donors (Lipinski definition) is 2. The fraction of sp³-hybridized carbons (Fsp3) is 0.158. The maximum absolute atomic E-state index is 12.3. The van der Waals surface area contributed by atoms with Crippen LogP contribution in [0.1, 0.15) is 10.5 Å². The number of nitrogens with zero attached hydrogens (tertiary/aromatic N) is 2. The summed E-state index contributed by atoms with van der Waals surface area (Å²) in [5, 5.41) is 17.7. The number of rotatable bonds is 7. The van der Waals surface area contributed by atoms with Gasteiger partial charge in [-0.1, -0.05) is 24.3 Å². The maximum atomic E-state index is 12.3. The predicted octanol–water partition coefficient (Wildman–Crippen LogP) is 2.39. The minimum atomic E-state index is -3.55. The molecule has 10 heteroatoms. The Bertz CT molecular complexity index is 1190. The Labute approximate surface area is 166 Å². The molecular weight excluding hydrogens is 396 g/mol. The van der Waals surface area contributed by atoms with E-state index in [9.17, 15) is 23.3 Å². The molecule has 0 fully saturated rings. The van der Waals surface area contributed by atoms with E-state index in [1.807, 2.05) is 30.3 Å². The molecule has 150 valence electrons. The van der Waals surface area contributed by atoms with Crippen molar-refractivity contribution in [2.75, 3.05) is 24.7 Å². The second kappa shape index (κ2) is 8.23. The van der Waals surface area contributed by atoms with Gasteiger partial charge in [0.05, 0.1) is 15.3 Å². The lowest BCUT2D eigenvalue weighted by Crippen LogP contribution is -2.29. The molecule has 9 nitrogen and oxygen atoms in total. The number of carbonyl (C=O) groups excluding carboxylic acids is 1. The summed E-state index contributed by atoms with van der Waals surface area (Å²) in [5.74, 6) is -0.362. The average Bonchev–Trinajstić information content (AvgIpc) is 2.69. The third-order valence-corrected chi connectivity index (χ3v) is 5.26. The molecule has 0 aliphatic heterocycles. The Kier molecular flexibility index (Phi) is 5.74. The van der Waals surface area contributed by atoms with Gasteiger partial charge in [-0.25, -0.2) is 13.4 Å². The minimum absolute atomic E-state index is 0.134. The first-order valence-corrected chi connectivity index (χ1v) is 10.5. The van der Waals surface area contributed by atoms with Crippen molar-refractivity contribution in [1.29, 1.82) is 0 Å². The van der Waals surface area contributed by atoms with Crippen LogP contribution in [0.25, 0.3) is 10.9 Å². The zero-order valence-corrected chi connectivity index (χ0v) is 16.3. The summed E-state index contributed by atoms with van der Waals surface area (Å²) in [6.45, 7) is 0.400. The average molecular weight is 414 g/mol. The molecule has 2 aromatic carbocycles. The third-order valence-electron chi connectivity index (χ3n) is 4.15. The molecule has 0 unspecified atom stereocenters. The van der Waals surface area contributed by atoms with Crippen LogP contribution in [0.5, 0.6) is 0 Å². The van der Waals surface area contributed by atoms with Crippen LogP contribution in [-0.4, -0.2) is 43.6 Å². The second-order valence-corrected chi connectivity index (χ2v) is 8.30. The number of amides is 1. The standard InChI is InChI=1S/C19H18N4O5S/c1-29(27,28)14-7-9-16(18(12-14)23(25)26)20-10-11-21-19(24)17-8-6-13-4-2-3-5-15(13)22-17/h2-9,12,20H,10-11H2,1H3,(H,21,24). The fourth-order valence-electron chi connectivity index (χ4n) is 2.70. The summed E-state index contributed by atoms with van der Waals surface area (Å²) in [6.07, 6.45) is 0.982. The third kappa shape index (κ3) is 4.85. The second-order valence-electron chi connectivity index (χ2n) is 6.28. The van der Waals surface area contributed by atoms with Crippen molar-refractivity contribution in [2.45, 2.75) is 4.90 Å². The first kappa shape index (κ1) is 20.2. The number of carbonyl (C=O) groups is 1. The van der Waals surface area contributed by atoms with E-state index in [1.165, 1.54) is 12.1 Å². The van der Waals surface area contributed by atoms with Crippen molar-refractivity contribution >= 4 is 38.0 Å². The number of nitro groups is 1. The number of sulfone groups is 1. The van der Waals surface area contributed by atoms with Crippen LogP contribution in [0, 0.1) is 10.1 Å². The molecule has 3 aromatic rings. The van der Waals surface area contributed by atoms with Crippen molar-refractivity contribution in [3.63, 3.8) is 0 Å². The highest BCUT2D eigenvalue weighted by molar-refractivity contribution is 7.90. The zero-order valence-electron chi connectivity index (χ0n) is 15.5. The van der Waals surface area contributed by atoms with E-state index in [0.717, 1.165) is 17.7 Å². The molecule has 29 heavy (non-hydrogen) atoms. The van der Waals surface area contributed by atoms with E-state index in [4.69, 9.17) is 0 Å². The number of nitro benzene ring substituents is 1. The fourth-order valence-corrected chi connectivity index (χ4v) is 3.34. The van der Waals surface area contributed by atoms with E-state index in [2.05, 4.69) is 15.6 Å². The summed E-state index contributed by atoms with van der Waals surface area (Å²) in [5.41, 5.74) is 0.794. The number of anilines is 1. The van der Waals surface area contributed by atoms with Gasteiger partial charge in [0.25, 0.3) is 11.6 Å². The van der Waals surface area contributed by atoms with Gasteiger partial charge >= 0.3 is 0 Å². The first-order chi connectivity index (χ1) is 13.8. The van der Waals surface area contributed by atoms with Crippen molar-refractivity contribution in [3.05, 3.63) is 70.4 Å². The number of aromatic nitrogens is 1. The van der Waals surface area contributed by atoms with E-state index in [0.29, 0.717) is 5.52 Å². The molecular formula is C19H18N4O5S. The number of para-hydroxylation sites is 1. The van der Waals surface area contributed by atoms with Crippen LogP contribution < -0.4 is 10.6 Å². The van der Waals surface area contributed by atoms with Gasteiger partial charge in [0.1, 0.15) is 11.4 Å². The largest absolute Gasteiger partial charge is 0.378 e. The van der Waals surface area contributed by atoms with Gasteiger partial charge in [0.2, 0.25) is 0 Å². The normalized spacial score (nSPS) is 11.2. The van der Waals surface area contributed by atoms with E-state index in [1.54, 1.807) is 6.07 Å². The van der Waals surface area contributed by atoms with Gasteiger partial charge in [-0.3, -0.25) is 14.9 Å². The van der Waals surface area contributed by atoms with Gasteiger partial charge in [-0.05, 0) is 24.3 Å². The summed E-state index contributed by atoms with van der Waals surface area (Å²) < 4.78 is 23.1. The number of fused-ring (bicyclic) bond motifs is 1. The number of nitrogens with one attached hydrogen (secondary N) is 2. The van der Waals surface area contributed by atoms with Crippen LogP contribution in [0.3, 0.4) is 0 Å². The van der Waals surface area contributed by atoms with Crippen LogP contribution in [0.4, 0.5) is 11.4 Å². The molecule has 0 spiro atoms. The zero-order chi connectivity index (χ0) is 21.0. The van der Waals surface area contributed by atoms with Gasteiger partial charge in [0.15, 0.2) is 9.84 Å². The summed E-state index contributed by atoms with van der Waals surface area (Å²) in [7, 11) is -3.55. The lowest BCUT2D eigenvalue weighted by atomic mass is 10.2. The smallest absolute Gasteiger partial charge is 0.293 e. The number of benzene rings is 2. The number of hydrogen-bond acceptors (Lipinski definition) is 7. The molecule has 1 aromatic heterocycles. The van der Waals surface area contributed by atoms with Gasteiger partial charge in [-0.2, -0.15) is 0 Å². The molecule has 0 atom stereocenters.